The second-order valence-corrected chi connectivity index (χ2v) is 7.70. The Morgan fingerprint density at radius 2 is 1.72 bits per heavy atom. The van der Waals surface area contributed by atoms with Gasteiger partial charge in [-0.2, -0.15) is 4.68 Å². The monoisotopic (exact) mass is 446 g/mol. The Balaban J connectivity index is 1.76. The number of carbonyl (C=O) groups is 1. The van der Waals surface area contributed by atoms with E-state index in [-0.39, 0.29) is 5.56 Å². The summed E-state index contributed by atoms with van der Waals surface area (Å²) >= 11 is 6.16. The summed E-state index contributed by atoms with van der Waals surface area (Å²) in [4.78, 5) is 33.1. The van der Waals surface area contributed by atoms with E-state index in [2.05, 4.69) is 29.2 Å². The molecule has 0 fully saturated rings. The Labute approximate surface area is 191 Å². The fraction of sp³-hybridized carbons (Fsp3) is 0.160. The van der Waals surface area contributed by atoms with E-state index in [1.165, 1.54) is 4.68 Å². The fourth-order valence-electron chi connectivity index (χ4n) is 3.64. The van der Waals surface area contributed by atoms with Gasteiger partial charge in [-0.3, -0.25) is 15.0 Å². The van der Waals surface area contributed by atoms with Gasteiger partial charge in [0.15, 0.2) is 5.82 Å². The van der Waals surface area contributed by atoms with E-state index in [9.17, 15) is 9.59 Å². The molecule has 0 bridgehead atoms. The van der Waals surface area contributed by atoms with Gasteiger partial charge in [-0.1, -0.05) is 35.9 Å². The molecule has 1 heterocycles. The van der Waals surface area contributed by atoms with Gasteiger partial charge in [-0.25, -0.2) is 4.98 Å². The van der Waals surface area contributed by atoms with E-state index in [0.717, 1.165) is 18.8 Å². The minimum atomic E-state index is -0.404. The van der Waals surface area contributed by atoms with Crippen LogP contribution in [-0.4, -0.2) is 28.7 Å². The van der Waals surface area contributed by atoms with Gasteiger partial charge in [0.25, 0.3) is 11.5 Å². The molecule has 0 unspecified atom stereocenters. The molecule has 0 radical (unpaired) electrons. The van der Waals surface area contributed by atoms with Crippen LogP contribution in [0.4, 0.5) is 5.69 Å². The van der Waals surface area contributed by atoms with Crippen LogP contribution in [0.25, 0.3) is 22.3 Å². The summed E-state index contributed by atoms with van der Waals surface area (Å²) in [6, 6.07) is 21.4. The molecule has 0 spiro atoms. The van der Waals surface area contributed by atoms with Crippen LogP contribution in [0.3, 0.4) is 0 Å². The molecule has 1 aromatic heterocycles. The summed E-state index contributed by atoms with van der Waals surface area (Å²) in [6.45, 7) is 5.92. The zero-order valence-corrected chi connectivity index (χ0v) is 18.6. The number of carbonyl (C=O) groups excluding carboxylic acids is 1. The number of hydrogen-bond acceptors (Lipinski definition) is 4. The van der Waals surface area contributed by atoms with Crippen LogP contribution in [0.2, 0.25) is 5.02 Å². The van der Waals surface area contributed by atoms with Gasteiger partial charge in [0.1, 0.15) is 0 Å². The van der Waals surface area contributed by atoms with Gasteiger partial charge >= 0.3 is 0 Å². The van der Waals surface area contributed by atoms with Crippen molar-refractivity contribution in [1.29, 1.82) is 0 Å². The lowest BCUT2D eigenvalue weighted by Gasteiger charge is -2.21. The van der Waals surface area contributed by atoms with Gasteiger partial charge in [-0.05, 0) is 62.4 Å². The summed E-state index contributed by atoms with van der Waals surface area (Å²) in [5.74, 6) is -0.0946. The van der Waals surface area contributed by atoms with Crippen molar-refractivity contribution in [1.82, 2.24) is 9.66 Å². The van der Waals surface area contributed by atoms with Crippen molar-refractivity contribution in [2.75, 3.05) is 23.4 Å². The first-order chi connectivity index (χ1) is 15.5. The van der Waals surface area contributed by atoms with Gasteiger partial charge in [0, 0.05) is 34.9 Å². The second-order valence-electron chi connectivity index (χ2n) is 7.26. The van der Waals surface area contributed by atoms with Crippen molar-refractivity contribution in [3.63, 3.8) is 0 Å². The number of halogens is 1. The Hall–Kier alpha value is -3.64. The summed E-state index contributed by atoms with van der Waals surface area (Å²) in [5.41, 5.74) is 5.01. The molecule has 0 aliphatic rings. The minimum Gasteiger partial charge on any atom is -0.372 e. The van der Waals surface area contributed by atoms with Gasteiger partial charge < -0.3 is 4.90 Å². The molecule has 0 aliphatic heterocycles. The molecule has 1 N–H and O–H groups in total. The molecule has 0 atom stereocenters. The van der Waals surface area contributed by atoms with E-state index >= 15 is 0 Å². The molecule has 0 aliphatic carbocycles. The summed E-state index contributed by atoms with van der Waals surface area (Å²) in [7, 11) is 0. The first kappa shape index (κ1) is 21.6. The molecule has 0 saturated carbocycles. The summed E-state index contributed by atoms with van der Waals surface area (Å²) < 4.78 is 1.19. The zero-order valence-electron chi connectivity index (χ0n) is 17.9. The third kappa shape index (κ3) is 4.22. The molecule has 162 valence electrons. The Kier molecular flexibility index (Phi) is 6.23. The maximum absolute atomic E-state index is 13.3. The van der Waals surface area contributed by atoms with Crippen molar-refractivity contribution >= 4 is 34.1 Å². The lowest BCUT2D eigenvalue weighted by atomic mass is 10.1. The SMILES string of the molecule is CCN(CC)c1ccc(C(=O)Nn2c(-c3cccc(Cl)c3)nc3ccccc3c2=O)cc1. The quantitative estimate of drug-likeness (QED) is 0.455. The van der Waals surface area contributed by atoms with Crippen molar-refractivity contribution in [3.8, 4) is 11.4 Å². The lowest BCUT2D eigenvalue weighted by Crippen LogP contribution is -2.35. The third-order valence-corrected chi connectivity index (χ3v) is 5.57. The number of para-hydroxylation sites is 1. The zero-order chi connectivity index (χ0) is 22.7. The molecule has 32 heavy (non-hydrogen) atoms. The van der Waals surface area contributed by atoms with Crippen LogP contribution in [0.5, 0.6) is 0 Å². The molecule has 0 saturated heterocycles. The highest BCUT2D eigenvalue weighted by Crippen LogP contribution is 2.22. The van der Waals surface area contributed by atoms with Gasteiger partial charge in [0.05, 0.1) is 10.9 Å². The predicted octanol–water partition coefficient (Wildman–Crippen LogP) is 4.95. The van der Waals surface area contributed by atoms with Crippen molar-refractivity contribution < 1.29 is 4.79 Å². The number of benzene rings is 3. The van der Waals surface area contributed by atoms with Crippen molar-refractivity contribution in [2.24, 2.45) is 0 Å². The molecular formula is C25H23ClN4O2. The minimum absolute atomic E-state index is 0.310. The topological polar surface area (TPSA) is 67.2 Å². The van der Waals surface area contributed by atoms with Crippen LogP contribution in [0.15, 0.2) is 77.6 Å². The molecule has 1 amide bonds. The van der Waals surface area contributed by atoms with Crippen LogP contribution < -0.4 is 15.9 Å². The number of anilines is 1. The van der Waals surface area contributed by atoms with E-state index in [1.807, 2.05) is 18.2 Å². The Morgan fingerprint density at radius 3 is 2.41 bits per heavy atom. The fourth-order valence-corrected chi connectivity index (χ4v) is 3.83. The second kappa shape index (κ2) is 9.24. The smallest absolute Gasteiger partial charge is 0.280 e. The largest absolute Gasteiger partial charge is 0.372 e. The highest BCUT2D eigenvalue weighted by Gasteiger charge is 2.16. The van der Waals surface area contributed by atoms with Crippen LogP contribution in [-0.2, 0) is 0 Å². The van der Waals surface area contributed by atoms with E-state index in [4.69, 9.17) is 11.6 Å². The molecular weight excluding hydrogens is 424 g/mol. The lowest BCUT2D eigenvalue weighted by molar-refractivity contribution is 0.101. The van der Waals surface area contributed by atoms with Gasteiger partial charge in [-0.15, -0.1) is 0 Å². The predicted molar refractivity (Wildman–Crippen MR) is 130 cm³/mol. The molecule has 4 rings (SSSR count). The number of nitrogens with zero attached hydrogens (tertiary/aromatic N) is 3. The Morgan fingerprint density at radius 1 is 1.00 bits per heavy atom. The average molecular weight is 447 g/mol. The highest BCUT2D eigenvalue weighted by atomic mass is 35.5. The maximum Gasteiger partial charge on any atom is 0.280 e. The van der Waals surface area contributed by atoms with E-state index < -0.39 is 5.91 Å². The number of hydrogen-bond donors (Lipinski definition) is 1. The number of rotatable bonds is 6. The maximum atomic E-state index is 13.3. The average Bonchev–Trinajstić information content (AvgIpc) is 2.82. The number of nitrogens with one attached hydrogen (secondary N) is 1. The number of aromatic nitrogens is 2. The third-order valence-electron chi connectivity index (χ3n) is 5.33. The van der Waals surface area contributed by atoms with E-state index in [1.54, 1.807) is 54.6 Å². The molecule has 7 heteroatoms. The Bertz CT molecular complexity index is 1330. The number of fused-ring (bicyclic) bond motifs is 1. The first-order valence-corrected chi connectivity index (χ1v) is 10.8. The molecule has 4 aromatic rings. The van der Waals surface area contributed by atoms with Crippen molar-refractivity contribution in [2.45, 2.75) is 13.8 Å². The standard InChI is InChI=1S/C25H23ClN4O2/c1-3-29(4-2)20-14-12-17(13-15-20)24(31)28-30-23(18-8-7-9-19(26)16-18)27-22-11-6-5-10-21(22)25(30)32/h5-16H,3-4H2,1-2H3,(H,28,31). The van der Waals surface area contributed by atoms with Crippen LogP contribution in [0.1, 0.15) is 24.2 Å². The van der Waals surface area contributed by atoms with Crippen LogP contribution in [0, 0.1) is 0 Å². The summed E-state index contributed by atoms with van der Waals surface area (Å²) in [6.07, 6.45) is 0. The normalized spacial score (nSPS) is 10.8. The van der Waals surface area contributed by atoms with Crippen LogP contribution >= 0.6 is 11.6 Å². The molecule has 6 nitrogen and oxygen atoms in total. The summed E-state index contributed by atoms with van der Waals surface area (Å²) in [5, 5.41) is 0.922. The molecule has 3 aromatic carbocycles. The number of amides is 1. The van der Waals surface area contributed by atoms with E-state index in [0.29, 0.717) is 32.9 Å². The van der Waals surface area contributed by atoms with Crippen molar-refractivity contribution in [3.05, 3.63) is 93.7 Å². The highest BCUT2D eigenvalue weighted by molar-refractivity contribution is 6.30. The first-order valence-electron chi connectivity index (χ1n) is 10.5. The van der Waals surface area contributed by atoms with Gasteiger partial charge in [0.2, 0.25) is 0 Å².